The maximum Gasteiger partial charge on any atom is 0.320 e. The second-order valence-corrected chi connectivity index (χ2v) is 6.03. The Kier molecular flexibility index (Phi) is 6.10. The number of H-pyrrole nitrogens is 1. The van der Waals surface area contributed by atoms with Crippen molar-refractivity contribution in [1.29, 1.82) is 0 Å². The van der Waals surface area contributed by atoms with Crippen LogP contribution < -0.4 is 5.32 Å². The number of benzene rings is 1. The first-order valence-electron chi connectivity index (χ1n) is 6.99. The van der Waals surface area contributed by atoms with Crippen LogP contribution in [0.1, 0.15) is 18.1 Å². The van der Waals surface area contributed by atoms with Gasteiger partial charge in [-0.15, -0.1) is 0 Å². The lowest BCUT2D eigenvalue weighted by atomic mass is 10.1. The van der Waals surface area contributed by atoms with Gasteiger partial charge in [-0.1, -0.05) is 12.1 Å². The topological polar surface area (TPSA) is 73.0 Å². The van der Waals surface area contributed by atoms with Gasteiger partial charge in [0.25, 0.3) is 0 Å². The van der Waals surface area contributed by atoms with Crippen molar-refractivity contribution in [3.05, 3.63) is 41.7 Å². The highest BCUT2D eigenvalue weighted by atomic mass is 32.2. The van der Waals surface area contributed by atoms with E-state index in [9.17, 15) is 4.55 Å². The maximum absolute atomic E-state index is 12.3. The first kappa shape index (κ1) is 15.9. The second kappa shape index (κ2) is 8.07. The Morgan fingerprint density at radius 3 is 3.00 bits per heavy atom. The summed E-state index contributed by atoms with van der Waals surface area (Å²) in [4.78, 5) is 6.95. The highest BCUT2D eigenvalue weighted by molar-refractivity contribution is 7.90. The van der Waals surface area contributed by atoms with Gasteiger partial charge >= 0.3 is 5.16 Å². The molecule has 1 aromatic carbocycles. The number of nitrogens with zero attached hydrogens (tertiary/aromatic N) is 1. The summed E-state index contributed by atoms with van der Waals surface area (Å²) in [7, 11) is 0. The Labute approximate surface area is 128 Å². The molecule has 1 aromatic heterocycles. The quantitative estimate of drug-likeness (QED) is 0.580. The Morgan fingerprint density at radius 1 is 1.43 bits per heavy atom. The standard InChI is InChI=1S/C15H21N3O2S/c1-3-20-9-8-16-14-10-12(2)4-5-13(14)11-21(19)15-17-6-7-18-15/h4-7,10,16H,3,8-9,11H2,1-2H3,(H,17,18). The van der Waals surface area contributed by atoms with Crippen molar-refractivity contribution in [2.75, 3.05) is 25.1 Å². The average Bonchev–Trinajstić information content (AvgIpc) is 3.00. The van der Waals surface area contributed by atoms with Crippen LogP contribution in [0.2, 0.25) is 0 Å². The highest BCUT2D eigenvalue weighted by Crippen LogP contribution is 2.22. The number of aromatic amines is 1. The number of rotatable bonds is 8. The van der Waals surface area contributed by atoms with E-state index in [-0.39, 0.29) is 0 Å². The minimum atomic E-state index is -1.17. The number of aromatic nitrogens is 2. The van der Waals surface area contributed by atoms with Crippen LogP contribution >= 0.6 is 0 Å². The molecule has 0 aliphatic heterocycles. The van der Waals surface area contributed by atoms with E-state index in [1.165, 1.54) is 5.56 Å². The van der Waals surface area contributed by atoms with E-state index in [4.69, 9.17) is 4.74 Å². The maximum atomic E-state index is 12.3. The molecule has 0 saturated carbocycles. The third-order valence-corrected chi connectivity index (χ3v) is 4.23. The number of imidazole rings is 1. The predicted molar refractivity (Wildman–Crippen MR) is 84.9 cm³/mol. The molecule has 0 saturated heterocycles. The number of hydrogen-bond acceptors (Lipinski definition) is 4. The molecule has 0 fully saturated rings. The fourth-order valence-corrected chi connectivity index (χ4v) is 3.02. The lowest BCUT2D eigenvalue weighted by Gasteiger charge is -2.14. The first-order valence-corrected chi connectivity index (χ1v) is 8.31. The Hall–Kier alpha value is -1.50. The lowest BCUT2D eigenvalue weighted by molar-refractivity contribution is 0.158. The molecule has 0 aliphatic rings. The number of anilines is 1. The monoisotopic (exact) mass is 307 g/mol. The fraction of sp³-hybridized carbons (Fsp3) is 0.400. The SMILES string of the molecule is CCOCCNc1cc(C)ccc1C[S+]([O-])c1ncc[nH]1. The largest absolute Gasteiger partial charge is 0.609 e. The van der Waals surface area contributed by atoms with Crippen LogP contribution in [0.5, 0.6) is 0 Å². The van der Waals surface area contributed by atoms with Crippen LogP contribution in [0.15, 0.2) is 35.7 Å². The van der Waals surface area contributed by atoms with E-state index in [0.29, 0.717) is 24.1 Å². The summed E-state index contributed by atoms with van der Waals surface area (Å²) in [5, 5.41) is 3.86. The zero-order valence-corrected chi connectivity index (χ0v) is 13.2. The predicted octanol–water partition coefficient (Wildman–Crippen LogP) is 2.47. The third-order valence-electron chi connectivity index (χ3n) is 3.01. The van der Waals surface area contributed by atoms with Crippen LogP contribution in [0.3, 0.4) is 0 Å². The van der Waals surface area contributed by atoms with Gasteiger partial charge in [0.1, 0.15) is 5.75 Å². The molecule has 6 heteroatoms. The van der Waals surface area contributed by atoms with Gasteiger partial charge < -0.3 is 19.6 Å². The van der Waals surface area contributed by atoms with E-state index in [1.54, 1.807) is 12.4 Å². The summed E-state index contributed by atoms with van der Waals surface area (Å²) in [5.74, 6) is 0.435. The summed E-state index contributed by atoms with van der Waals surface area (Å²) in [6, 6.07) is 6.11. The summed E-state index contributed by atoms with van der Waals surface area (Å²) in [6.07, 6.45) is 3.30. The van der Waals surface area contributed by atoms with Gasteiger partial charge in [-0.2, -0.15) is 4.98 Å². The molecule has 1 unspecified atom stereocenters. The number of hydrogen-bond donors (Lipinski definition) is 2. The van der Waals surface area contributed by atoms with Gasteiger partial charge in [0.15, 0.2) is 0 Å². The van der Waals surface area contributed by atoms with Crippen LogP contribution in [0, 0.1) is 6.92 Å². The summed E-state index contributed by atoms with van der Waals surface area (Å²) in [5.41, 5.74) is 3.20. The van der Waals surface area contributed by atoms with Crippen molar-refractivity contribution in [3.63, 3.8) is 0 Å². The average molecular weight is 307 g/mol. The molecule has 2 aromatic rings. The third kappa shape index (κ3) is 4.77. The Bertz CT molecular complexity index is 546. The molecular weight excluding hydrogens is 286 g/mol. The minimum absolute atomic E-state index is 0.435. The molecule has 2 N–H and O–H groups in total. The van der Waals surface area contributed by atoms with Crippen LogP contribution in [-0.2, 0) is 21.7 Å². The zero-order chi connectivity index (χ0) is 15.1. The van der Waals surface area contributed by atoms with Gasteiger partial charge in [0.2, 0.25) is 0 Å². The van der Waals surface area contributed by atoms with Crippen LogP contribution in [0.4, 0.5) is 5.69 Å². The van der Waals surface area contributed by atoms with E-state index in [2.05, 4.69) is 21.4 Å². The van der Waals surface area contributed by atoms with Crippen molar-refractivity contribution in [2.24, 2.45) is 0 Å². The fourth-order valence-electron chi connectivity index (χ4n) is 1.97. The van der Waals surface area contributed by atoms with Crippen molar-refractivity contribution in [3.8, 4) is 0 Å². The normalized spacial score (nSPS) is 12.3. The second-order valence-electron chi connectivity index (χ2n) is 4.67. The molecule has 2 rings (SSSR count). The first-order chi connectivity index (χ1) is 10.2. The van der Waals surface area contributed by atoms with Gasteiger partial charge in [0.05, 0.1) is 6.61 Å². The summed E-state index contributed by atoms with van der Waals surface area (Å²) in [6.45, 7) is 6.12. The molecular formula is C15H21N3O2S. The van der Waals surface area contributed by atoms with Gasteiger partial charge in [-0.25, -0.2) is 0 Å². The smallest absolute Gasteiger partial charge is 0.320 e. The zero-order valence-electron chi connectivity index (χ0n) is 12.4. The molecule has 0 radical (unpaired) electrons. The number of aryl methyl sites for hydroxylation is 1. The Balaban J connectivity index is 2.03. The molecule has 0 spiro atoms. The minimum Gasteiger partial charge on any atom is -0.609 e. The Morgan fingerprint density at radius 2 is 2.29 bits per heavy atom. The summed E-state index contributed by atoms with van der Waals surface area (Å²) >= 11 is -1.17. The van der Waals surface area contributed by atoms with Gasteiger partial charge in [-0.3, -0.25) is 0 Å². The molecule has 0 aliphatic carbocycles. The molecule has 5 nitrogen and oxygen atoms in total. The number of nitrogens with one attached hydrogen (secondary N) is 2. The molecule has 21 heavy (non-hydrogen) atoms. The van der Waals surface area contributed by atoms with Crippen molar-refractivity contribution in [1.82, 2.24) is 9.97 Å². The lowest BCUT2D eigenvalue weighted by Crippen LogP contribution is -2.13. The molecule has 0 amide bonds. The molecule has 1 atom stereocenters. The summed E-state index contributed by atoms with van der Waals surface area (Å²) < 4.78 is 17.6. The molecule has 114 valence electrons. The van der Waals surface area contributed by atoms with E-state index in [0.717, 1.165) is 17.8 Å². The number of ether oxygens (including phenoxy) is 1. The van der Waals surface area contributed by atoms with E-state index < -0.39 is 11.2 Å². The van der Waals surface area contributed by atoms with Crippen molar-refractivity contribution < 1.29 is 9.29 Å². The van der Waals surface area contributed by atoms with Crippen molar-refractivity contribution in [2.45, 2.75) is 24.8 Å². The van der Waals surface area contributed by atoms with E-state index in [1.807, 2.05) is 26.0 Å². The van der Waals surface area contributed by atoms with Crippen molar-refractivity contribution >= 4 is 16.9 Å². The molecule has 1 heterocycles. The van der Waals surface area contributed by atoms with Crippen LogP contribution in [-0.4, -0.2) is 34.3 Å². The van der Waals surface area contributed by atoms with Crippen LogP contribution in [0.25, 0.3) is 0 Å². The van der Waals surface area contributed by atoms with Gasteiger partial charge in [-0.05, 0) is 25.5 Å². The molecule has 0 bridgehead atoms. The highest BCUT2D eigenvalue weighted by Gasteiger charge is 2.16. The van der Waals surface area contributed by atoms with Gasteiger partial charge in [0, 0.05) is 48.0 Å². The van der Waals surface area contributed by atoms with E-state index >= 15 is 0 Å².